The van der Waals surface area contributed by atoms with Crippen LogP contribution in [0.25, 0.3) is 17.4 Å². The van der Waals surface area contributed by atoms with Crippen LogP contribution in [0, 0.1) is 6.92 Å². The third kappa shape index (κ3) is 4.68. The Morgan fingerprint density at radius 3 is 2.70 bits per heavy atom. The summed E-state index contributed by atoms with van der Waals surface area (Å²) in [7, 11) is 0. The summed E-state index contributed by atoms with van der Waals surface area (Å²) < 4.78 is 12.3. The summed E-state index contributed by atoms with van der Waals surface area (Å²) >= 11 is 4.86. The maximum Gasteiger partial charge on any atom is 0.264 e. The summed E-state index contributed by atoms with van der Waals surface area (Å²) in [4.78, 5) is 17.4. The standard InChI is InChI=1S/C23H19BrN2O3S/c1-3-28-16-7-5-15(6-8-16)25-23-26-22(27)21(30-23)13-17-9-11-20(29-17)18-10-4-14(2)12-19(18)24/h4-13H,3H2,1-2H3,(H,25,26,27). The van der Waals surface area contributed by atoms with Crippen molar-refractivity contribution in [1.29, 1.82) is 0 Å². The van der Waals surface area contributed by atoms with Gasteiger partial charge in [0.05, 0.1) is 17.2 Å². The van der Waals surface area contributed by atoms with Crippen LogP contribution in [-0.4, -0.2) is 17.7 Å². The van der Waals surface area contributed by atoms with Gasteiger partial charge in [-0.15, -0.1) is 0 Å². The predicted octanol–water partition coefficient (Wildman–Crippen LogP) is 6.31. The summed E-state index contributed by atoms with van der Waals surface area (Å²) in [6, 6.07) is 17.2. The first kappa shape index (κ1) is 20.5. The molecule has 30 heavy (non-hydrogen) atoms. The van der Waals surface area contributed by atoms with Crippen LogP contribution in [0.2, 0.25) is 0 Å². The Labute approximate surface area is 187 Å². The number of carbonyl (C=O) groups excluding carboxylic acids is 1. The summed E-state index contributed by atoms with van der Waals surface area (Å²) in [5, 5.41) is 3.32. The van der Waals surface area contributed by atoms with Gasteiger partial charge in [0.2, 0.25) is 0 Å². The lowest BCUT2D eigenvalue weighted by molar-refractivity contribution is -0.115. The third-order valence-electron chi connectivity index (χ3n) is 4.32. The zero-order valence-corrected chi connectivity index (χ0v) is 18.8. The molecule has 1 fully saturated rings. The average molecular weight is 483 g/mol. The first-order valence-corrected chi connectivity index (χ1v) is 11.0. The first-order chi connectivity index (χ1) is 14.5. The summed E-state index contributed by atoms with van der Waals surface area (Å²) in [6.07, 6.45) is 1.73. The Morgan fingerprint density at radius 2 is 1.97 bits per heavy atom. The molecule has 7 heteroatoms. The molecule has 1 aromatic heterocycles. The Kier molecular flexibility index (Phi) is 6.11. The van der Waals surface area contributed by atoms with Crippen molar-refractivity contribution >= 4 is 50.5 Å². The van der Waals surface area contributed by atoms with Gasteiger partial charge >= 0.3 is 0 Å². The van der Waals surface area contributed by atoms with Gasteiger partial charge < -0.3 is 14.5 Å². The van der Waals surface area contributed by atoms with Crippen molar-refractivity contribution in [3.05, 3.63) is 75.3 Å². The van der Waals surface area contributed by atoms with Gasteiger partial charge in [0.1, 0.15) is 17.3 Å². The molecule has 0 atom stereocenters. The molecule has 0 unspecified atom stereocenters. The van der Waals surface area contributed by atoms with Crippen molar-refractivity contribution in [1.82, 2.24) is 5.32 Å². The van der Waals surface area contributed by atoms with Gasteiger partial charge in [-0.2, -0.15) is 0 Å². The summed E-state index contributed by atoms with van der Waals surface area (Å²) in [5.41, 5.74) is 2.87. The maximum atomic E-state index is 12.3. The third-order valence-corrected chi connectivity index (χ3v) is 5.89. The van der Waals surface area contributed by atoms with E-state index < -0.39 is 0 Å². The number of ether oxygens (including phenoxy) is 1. The minimum atomic E-state index is -0.195. The summed E-state index contributed by atoms with van der Waals surface area (Å²) in [6.45, 7) is 4.59. The van der Waals surface area contributed by atoms with Crippen LogP contribution in [0.1, 0.15) is 18.2 Å². The molecule has 1 amide bonds. The fourth-order valence-corrected chi connectivity index (χ4v) is 4.42. The number of rotatable bonds is 5. The lowest BCUT2D eigenvalue weighted by Gasteiger charge is -2.02. The minimum absolute atomic E-state index is 0.195. The number of hydrogen-bond donors (Lipinski definition) is 1. The van der Waals surface area contributed by atoms with E-state index in [0.29, 0.717) is 22.4 Å². The molecular weight excluding hydrogens is 464 g/mol. The maximum absolute atomic E-state index is 12.3. The number of nitrogens with zero attached hydrogens (tertiary/aromatic N) is 1. The topological polar surface area (TPSA) is 63.8 Å². The van der Waals surface area contributed by atoms with Crippen LogP contribution >= 0.6 is 27.7 Å². The number of amides is 1. The molecule has 1 aliphatic rings. The number of thioether (sulfide) groups is 1. The quantitative estimate of drug-likeness (QED) is 0.432. The van der Waals surface area contributed by atoms with Crippen LogP contribution in [0.15, 0.2) is 73.4 Å². The highest BCUT2D eigenvalue weighted by Crippen LogP contribution is 2.33. The first-order valence-electron chi connectivity index (χ1n) is 9.40. The number of amidine groups is 1. The SMILES string of the molecule is CCOc1ccc(N=C2NC(=O)C(=Cc3ccc(-c4ccc(C)cc4Br)o3)S2)cc1. The van der Waals surface area contributed by atoms with Crippen molar-refractivity contribution in [3.63, 3.8) is 0 Å². The molecule has 3 aromatic rings. The number of carbonyl (C=O) groups is 1. The smallest absolute Gasteiger partial charge is 0.264 e. The fraction of sp³-hybridized carbons (Fsp3) is 0.130. The fourth-order valence-electron chi connectivity index (χ4n) is 2.91. The van der Waals surface area contributed by atoms with Crippen molar-refractivity contribution in [2.24, 2.45) is 4.99 Å². The van der Waals surface area contributed by atoms with Crippen LogP contribution in [0.3, 0.4) is 0 Å². The number of halogens is 1. The Bertz CT molecular complexity index is 1150. The van der Waals surface area contributed by atoms with Gasteiger partial charge in [-0.25, -0.2) is 4.99 Å². The Hall–Kier alpha value is -2.77. The van der Waals surface area contributed by atoms with Crippen molar-refractivity contribution < 1.29 is 13.9 Å². The molecule has 2 heterocycles. The van der Waals surface area contributed by atoms with Crippen LogP contribution in [0.5, 0.6) is 5.75 Å². The van der Waals surface area contributed by atoms with E-state index in [2.05, 4.69) is 26.2 Å². The van der Waals surface area contributed by atoms with Gasteiger partial charge in [0.15, 0.2) is 5.17 Å². The van der Waals surface area contributed by atoms with Gasteiger partial charge in [0.25, 0.3) is 5.91 Å². The van der Waals surface area contributed by atoms with Crippen molar-refractivity contribution in [3.8, 4) is 17.1 Å². The number of hydrogen-bond acceptors (Lipinski definition) is 5. The van der Waals surface area contributed by atoms with E-state index in [1.807, 2.05) is 68.4 Å². The van der Waals surface area contributed by atoms with Crippen LogP contribution < -0.4 is 10.1 Å². The van der Waals surface area contributed by atoms with Crippen molar-refractivity contribution in [2.75, 3.05) is 6.61 Å². The van der Waals surface area contributed by atoms with E-state index in [-0.39, 0.29) is 5.91 Å². The van der Waals surface area contributed by atoms with Crippen LogP contribution in [0.4, 0.5) is 5.69 Å². The molecule has 2 aromatic carbocycles. The van der Waals surface area contributed by atoms with Gasteiger partial charge in [-0.3, -0.25) is 4.79 Å². The van der Waals surface area contributed by atoms with Gasteiger partial charge in [0, 0.05) is 16.1 Å². The zero-order chi connectivity index (χ0) is 21.1. The molecule has 0 aliphatic carbocycles. The molecular formula is C23H19BrN2O3S. The average Bonchev–Trinajstić information content (AvgIpc) is 3.30. The molecule has 1 saturated heterocycles. The predicted molar refractivity (Wildman–Crippen MR) is 125 cm³/mol. The molecule has 0 spiro atoms. The molecule has 1 N–H and O–H groups in total. The van der Waals surface area contributed by atoms with E-state index in [0.717, 1.165) is 32.8 Å². The molecule has 152 valence electrons. The number of aryl methyl sites for hydroxylation is 1. The molecule has 1 aliphatic heterocycles. The zero-order valence-electron chi connectivity index (χ0n) is 16.4. The molecule has 4 rings (SSSR count). The normalized spacial score (nSPS) is 16.3. The van der Waals surface area contributed by atoms with E-state index in [1.54, 1.807) is 6.08 Å². The number of furan rings is 1. The van der Waals surface area contributed by atoms with E-state index in [1.165, 1.54) is 11.8 Å². The second-order valence-corrected chi connectivity index (χ2v) is 8.48. The molecule has 0 radical (unpaired) electrons. The van der Waals surface area contributed by atoms with Crippen molar-refractivity contribution in [2.45, 2.75) is 13.8 Å². The number of benzene rings is 2. The van der Waals surface area contributed by atoms with Gasteiger partial charge in [-0.1, -0.05) is 22.0 Å². The summed E-state index contributed by atoms with van der Waals surface area (Å²) in [5.74, 6) is 1.94. The number of nitrogens with one attached hydrogen (secondary N) is 1. The van der Waals surface area contributed by atoms with Crippen LogP contribution in [-0.2, 0) is 4.79 Å². The van der Waals surface area contributed by atoms with E-state index in [4.69, 9.17) is 9.15 Å². The highest BCUT2D eigenvalue weighted by Gasteiger charge is 2.24. The second kappa shape index (κ2) is 8.93. The largest absolute Gasteiger partial charge is 0.494 e. The second-order valence-electron chi connectivity index (χ2n) is 6.59. The van der Waals surface area contributed by atoms with E-state index >= 15 is 0 Å². The Morgan fingerprint density at radius 1 is 1.17 bits per heavy atom. The monoisotopic (exact) mass is 482 g/mol. The lowest BCUT2D eigenvalue weighted by atomic mass is 10.1. The highest BCUT2D eigenvalue weighted by atomic mass is 79.9. The highest BCUT2D eigenvalue weighted by molar-refractivity contribution is 9.10. The van der Waals surface area contributed by atoms with Gasteiger partial charge in [-0.05, 0) is 79.7 Å². The minimum Gasteiger partial charge on any atom is -0.494 e. The van der Waals surface area contributed by atoms with E-state index in [9.17, 15) is 4.79 Å². The lowest BCUT2D eigenvalue weighted by Crippen LogP contribution is -2.19. The molecule has 5 nitrogen and oxygen atoms in total. The Balaban J connectivity index is 1.51. The molecule has 0 saturated carbocycles. The molecule has 0 bridgehead atoms. The number of aliphatic imine (C=N–C) groups is 1.